The quantitative estimate of drug-likeness (QED) is 0.600. The van der Waals surface area contributed by atoms with Crippen molar-refractivity contribution in [2.45, 2.75) is 45.1 Å². The van der Waals surface area contributed by atoms with Crippen LogP contribution in [-0.4, -0.2) is 48.5 Å². The number of benzene rings is 1. The number of carbonyl (C=O) groups excluding carboxylic acids is 1. The molecule has 1 aliphatic heterocycles. The summed E-state index contributed by atoms with van der Waals surface area (Å²) < 4.78 is 44.4. The average molecular weight is 494 g/mol. The fourth-order valence-electron chi connectivity index (χ4n) is 4.29. The highest BCUT2D eigenvalue weighted by atomic mass is 19.4. The molecule has 4 rings (SSSR count). The fourth-order valence-corrected chi connectivity index (χ4v) is 4.29. The summed E-state index contributed by atoms with van der Waals surface area (Å²) in [5.41, 5.74) is -3.85. The van der Waals surface area contributed by atoms with Crippen molar-refractivity contribution in [2.75, 3.05) is 13.2 Å². The van der Waals surface area contributed by atoms with Crippen LogP contribution in [-0.2, 0) is 24.6 Å². The maximum atomic E-state index is 13.7. The van der Waals surface area contributed by atoms with Crippen molar-refractivity contribution >= 4 is 16.8 Å². The summed E-state index contributed by atoms with van der Waals surface area (Å²) in [6.45, 7) is 4.11. The van der Waals surface area contributed by atoms with Crippen molar-refractivity contribution in [3.05, 3.63) is 68.1 Å². The summed E-state index contributed by atoms with van der Waals surface area (Å²) in [5, 5.41) is 11.0. The van der Waals surface area contributed by atoms with Gasteiger partial charge >= 0.3 is 11.9 Å². The maximum Gasteiger partial charge on any atom is 0.416 e. The molecule has 3 aromatic rings. The van der Waals surface area contributed by atoms with Gasteiger partial charge < -0.3 is 9.67 Å². The van der Waals surface area contributed by atoms with Gasteiger partial charge in [0.15, 0.2) is 0 Å². The second-order valence-electron chi connectivity index (χ2n) is 9.24. The molecule has 1 saturated heterocycles. The van der Waals surface area contributed by atoms with Gasteiger partial charge in [0.1, 0.15) is 17.9 Å². The molecular formula is C23H25F3N4O5. The third-order valence-corrected chi connectivity index (χ3v) is 5.95. The number of halogens is 3. The Bertz CT molecular complexity index is 1430. The molecule has 1 atom stereocenters. The van der Waals surface area contributed by atoms with E-state index in [1.807, 2.05) is 0 Å². The number of β-amino-alcohol motifs (C(OH)–C–C–N with tert-alkyl or cyclic N) is 1. The van der Waals surface area contributed by atoms with E-state index in [-0.39, 0.29) is 35.3 Å². The largest absolute Gasteiger partial charge is 0.416 e. The van der Waals surface area contributed by atoms with E-state index in [9.17, 15) is 32.7 Å². The van der Waals surface area contributed by atoms with Gasteiger partial charge in [-0.25, -0.2) is 9.86 Å². The number of rotatable bonds is 4. The molecular weight excluding hydrogens is 469 g/mol. The molecule has 1 amide bonds. The molecule has 1 aromatic carbocycles. The van der Waals surface area contributed by atoms with E-state index in [1.54, 1.807) is 13.8 Å². The van der Waals surface area contributed by atoms with Gasteiger partial charge in [-0.2, -0.15) is 13.2 Å². The number of hydrogen-bond donors (Lipinski definition) is 1. The van der Waals surface area contributed by atoms with Crippen molar-refractivity contribution < 1.29 is 27.9 Å². The number of aromatic nitrogens is 3. The highest BCUT2D eigenvalue weighted by molar-refractivity contribution is 6.05. The van der Waals surface area contributed by atoms with Crippen molar-refractivity contribution in [2.24, 2.45) is 7.05 Å². The van der Waals surface area contributed by atoms with Crippen LogP contribution in [0.1, 0.15) is 48.4 Å². The lowest BCUT2D eigenvalue weighted by Crippen LogP contribution is -2.40. The standard InChI is InChI=1S/C23H25F3N4O5/c1-13(2)30-16-10-28(9-14-7-5-6-8-15(14)23(24,25)26)18(17(16)19(31)27(4)21(30)33)20(32)29-11-22(3,34)12-35-29/h5-8,10,13,34H,9,11-12H2,1-4H3/t22-/m0/s1. The van der Waals surface area contributed by atoms with Gasteiger partial charge in [-0.3, -0.25) is 23.6 Å². The minimum atomic E-state index is -4.64. The Morgan fingerprint density at radius 1 is 1.23 bits per heavy atom. The summed E-state index contributed by atoms with van der Waals surface area (Å²) in [6.07, 6.45) is -3.30. The minimum Gasteiger partial charge on any atom is -0.386 e. The third-order valence-electron chi connectivity index (χ3n) is 5.95. The summed E-state index contributed by atoms with van der Waals surface area (Å²) in [6, 6.07) is 4.51. The zero-order valence-electron chi connectivity index (χ0n) is 19.6. The SMILES string of the molecule is CC(C)n1c(=O)n(C)c(=O)c2c(C(=O)N3C[C@](C)(O)CO3)n(Cc3ccccc3C(F)(F)F)cc21. The van der Waals surface area contributed by atoms with Gasteiger partial charge in [0.05, 0.1) is 23.0 Å². The molecule has 2 aromatic heterocycles. The zero-order chi connectivity index (χ0) is 25.9. The summed E-state index contributed by atoms with van der Waals surface area (Å²) in [5.74, 6) is -0.812. The Morgan fingerprint density at radius 3 is 2.46 bits per heavy atom. The Morgan fingerprint density at radius 2 is 1.89 bits per heavy atom. The van der Waals surface area contributed by atoms with Crippen molar-refractivity contribution in [3.8, 4) is 0 Å². The second-order valence-corrected chi connectivity index (χ2v) is 9.24. The van der Waals surface area contributed by atoms with Crippen molar-refractivity contribution in [1.82, 2.24) is 18.8 Å². The Hall–Kier alpha value is -3.38. The van der Waals surface area contributed by atoms with E-state index >= 15 is 0 Å². The molecule has 9 nitrogen and oxygen atoms in total. The van der Waals surface area contributed by atoms with Gasteiger partial charge in [0.2, 0.25) is 0 Å². The number of carbonyl (C=O) groups is 1. The van der Waals surface area contributed by atoms with E-state index in [1.165, 1.54) is 47.5 Å². The fraction of sp³-hybridized carbons (Fsp3) is 0.435. The normalized spacial score (nSPS) is 18.7. The number of nitrogens with zero attached hydrogens (tertiary/aromatic N) is 4. The summed E-state index contributed by atoms with van der Waals surface area (Å²) in [7, 11) is 1.27. The van der Waals surface area contributed by atoms with Crippen LogP contribution in [0.15, 0.2) is 40.1 Å². The van der Waals surface area contributed by atoms with Gasteiger partial charge in [-0.05, 0) is 32.4 Å². The number of amides is 1. The van der Waals surface area contributed by atoms with E-state index in [0.717, 1.165) is 15.7 Å². The van der Waals surface area contributed by atoms with Crippen LogP contribution in [0.3, 0.4) is 0 Å². The molecule has 0 unspecified atom stereocenters. The second kappa shape index (κ2) is 8.38. The lowest BCUT2D eigenvalue weighted by molar-refractivity contribution is -0.138. The molecule has 0 spiro atoms. The first kappa shape index (κ1) is 24.7. The monoisotopic (exact) mass is 494 g/mol. The van der Waals surface area contributed by atoms with Crippen LogP contribution in [0.4, 0.5) is 13.2 Å². The molecule has 1 aliphatic rings. The lowest BCUT2D eigenvalue weighted by atomic mass is 10.1. The molecule has 0 saturated carbocycles. The number of fused-ring (bicyclic) bond motifs is 1. The van der Waals surface area contributed by atoms with Crippen molar-refractivity contribution in [1.29, 1.82) is 0 Å². The predicted molar refractivity (Wildman–Crippen MR) is 120 cm³/mol. The first-order valence-corrected chi connectivity index (χ1v) is 10.9. The van der Waals surface area contributed by atoms with Crippen LogP contribution in [0, 0.1) is 0 Å². The Kier molecular flexibility index (Phi) is 5.92. The number of hydroxylamine groups is 2. The van der Waals surface area contributed by atoms with Crippen molar-refractivity contribution in [3.63, 3.8) is 0 Å². The van der Waals surface area contributed by atoms with Gasteiger partial charge in [-0.15, -0.1) is 0 Å². The molecule has 1 fully saturated rings. The topological polar surface area (TPSA) is 98.7 Å². The van der Waals surface area contributed by atoms with Gasteiger partial charge in [0.25, 0.3) is 11.5 Å². The molecule has 1 N–H and O–H groups in total. The van der Waals surface area contributed by atoms with E-state index in [0.29, 0.717) is 0 Å². The average Bonchev–Trinajstić information content (AvgIpc) is 3.31. The first-order valence-electron chi connectivity index (χ1n) is 10.9. The van der Waals surface area contributed by atoms with E-state index in [2.05, 4.69) is 0 Å². The van der Waals surface area contributed by atoms with Crippen LogP contribution in [0.2, 0.25) is 0 Å². The Labute approximate surface area is 197 Å². The lowest BCUT2D eigenvalue weighted by Gasteiger charge is -2.19. The highest BCUT2D eigenvalue weighted by Crippen LogP contribution is 2.33. The molecule has 0 radical (unpaired) electrons. The highest BCUT2D eigenvalue weighted by Gasteiger charge is 2.39. The van der Waals surface area contributed by atoms with Crippen LogP contribution in [0.5, 0.6) is 0 Å². The molecule has 3 heterocycles. The first-order chi connectivity index (χ1) is 16.2. The smallest absolute Gasteiger partial charge is 0.386 e. The van der Waals surface area contributed by atoms with E-state index in [4.69, 9.17) is 4.84 Å². The van der Waals surface area contributed by atoms with Crippen LogP contribution >= 0.6 is 0 Å². The van der Waals surface area contributed by atoms with Crippen LogP contribution in [0.25, 0.3) is 10.9 Å². The molecule has 12 heteroatoms. The summed E-state index contributed by atoms with van der Waals surface area (Å²) >= 11 is 0. The predicted octanol–water partition coefficient (Wildman–Crippen LogP) is 2.29. The van der Waals surface area contributed by atoms with E-state index < -0.39 is 47.1 Å². The molecule has 0 aliphatic carbocycles. The van der Waals surface area contributed by atoms with Gasteiger partial charge in [-0.1, -0.05) is 18.2 Å². The van der Waals surface area contributed by atoms with Gasteiger partial charge in [0, 0.05) is 25.8 Å². The summed E-state index contributed by atoms with van der Waals surface area (Å²) in [4.78, 5) is 44.9. The number of alkyl halides is 3. The maximum absolute atomic E-state index is 13.7. The Balaban J connectivity index is 2.01. The third kappa shape index (κ3) is 4.27. The molecule has 188 valence electrons. The number of aliphatic hydroxyl groups is 1. The number of hydrogen-bond acceptors (Lipinski definition) is 5. The zero-order valence-corrected chi connectivity index (χ0v) is 19.6. The molecule has 35 heavy (non-hydrogen) atoms. The van der Waals surface area contributed by atoms with Crippen LogP contribution < -0.4 is 11.2 Å². The minimum absolute atomic E-state index is 0.117. The molecule has 0 bridgehead atoms.